The number of hydrogen-bond donors (Lipinski definition) is 2. The van der Waals surface area contributed by atoms with E-state index in [2.05, 4.69) is 31.3 Å². The average molecular weight is 251 g/mol. The van der Waals surface area contributed by atoms with Crippen LogP contribution in [0.5, 0.6) is 0 Å². The third-order valence-corrected chi connectivity index (χ3v) is 3.26. The topological polar surface area (TPSA) is 41.5 Å². The lowest BCUT2D eigenvalue weighted by atomic mass is 10.0. The van der Waals surface area contributed by atoms with Gasteiger partial charge in [0, 0.05) is 13.2 Å². The number of hydrogen-bond acceptors (Lipinski definition) is 3. The molecule has 2 N–H and O–H groups in total. The van der Waals surface area contributed by atoms with Crippen LogP contribution in [0.4, 0.5) is 0 Å². The van der Waals surface area contributed by atoms with Crippen molar-refractivity contribution >= 4 is 0 Å². The molecule has 0 bridgehead atoms. The molecule has 0 unspecified atom stereocenters. The van der Waals surface area contributed by atoms with Crippen LogP contribution >= 0.6 is 0 Å². The first-order chi connectivity index (χ1) is 8.57. The molecule has 0 aliphatic carbocycles. The smallest absolute Gasteiger partial charge is 0.0634 e. The quantitative estimate of drug-likeness (QED) is 0.742. The lowest BCUT2D eigenvalue weighted by Crippen LogP contribution is -2.38. The highest BCUT2D eigenvalue weighted by molar-refractivity contribution is 5.15. The number of aliphatic hydroxyl groups excluding tert-OH is 1. The van der Waals surface area contributed by atoms with Crippen molar-refractivity contribution in [1.82, 2.24) is 5.32 Å². The van der Waals surface area contributed by atoms with Crippen molar-refractivity contribution in [2.45, 2.75) is 38.3 Å². The third kappa shape index (κ3) is 5.63. The molecular formula is C15H25NO2. The second-order valence-electron chi connectivity index (χ2n) is 5.24. The molecule has 1 rings (SSSR count). The van der Waals surface area contributed by atoms with Crippen molar-refractivity contribution in [1.29, 1.82) is 0 Å². The van der Waals surface area contributed by atoms with E-state index in [1.165, 1.54) is 5.56 Å². The largest absolute Gasteiger partial charge is 0.395 e. The molecule has 0 aliphatic rings. The highest BCUT2D eigenvalue weighted by Crippen LogP contribution is 2.12. The van der Waals surface area contributed by atoms with Gasteiger partial charge in [-0.05, 0) is 38.8 Å². The first-order valence-corrected chi connectivity index (χ1v) is 6.51. The van der Waals surface area contributed by atoms with Crippen LogP contribution in [0, 0.1) is 0 Å². The van der Waals surface area contributed by atoms with E-state index in [1.54, 1.807) is 7.11 Å². The summed E-state index contributed by atoms with van der Waals surface area (Å²) >= 11 is 0. The van der Waals surface area contributed by atoms with Crippen LogP contribution in [0.15, 0.2) is 30.3 Å². The van der Waals surface area contributed by atoms with Crippen LogP contribution in [0.25, 0.3) is 0 Å². The van der Waals surface area contributed by atoms with Gasteiger partial charge >= 0.3 is 0 Å². The summed E-state index contributed by atoms with van der Waals surface area (Å²) in [5.41, 5.74) is 1.13. The van der Waals surface area contributed by atoms with Crippen molar-refractivity contribution in [3.8, 4) is 0 Å². The molecule has 1 atom stereocenters. The Bertz CT molecular complexity index is 325. The highest BCUT2D eigenvalue weighted by Gasteiger charge is 2.16. The molecule has 0 heterocycles. The van der Waals surface area contributed by atoms with Crippen LogP contribution in [-0.4, -0.2) is 37.0 Å². The minimum atomic E-state index is -0.111. The fraction of sp³-hybridized carbons (Fsp3) is 0.600. The zero-order valence-electron chi connectivity index (χ0n) is 11.6. The molecular weight excluding hydrogens is 226 g/mol. The number of aliphatic hydroxyl groups is 1. The average Bonchev–Trinajstić information content (AvgIpc) is 2.38. The van der Waals surface area contributed by atoms with Crippen LogP contribution in [0.2, 0.25) is 0 Å². The maximum Gasteiger partial charge on any atom is 0.0634 e. The number of nitrogens with one attached hydrogen (secondary N) is 1. The van der Waals surface area contributed by atoms with E-state index in [1.807, 2.05) is 18.2 Å². The minimum absolute atomic E-state index is 0.111. The van der Waals surface area contributed by atoms with Crippen molar-refractivity contribution in [2.75, 3.05) is 20.3 Å². The standard InChI is InChI=1S/C15H25NO2/c1-15(2,18-3)9-10-16-14(12-17)11-13-7-5-4-6-8-13/h4-8,14,16-17H,9-12H2,1-3H3/t14-/m0/s1. The van der Waals surface area contributed by atoms with Crippen molar-refractivity contribution in [2.24, 2.45) is 0 Å². The van der Waals surface area contributed by atoms with E-state index in [-0.39, 0.29) is 18.2 Å². The predicted molar refractivity (Wildman–Crippen MR) is 74.7 cm³/mol. The predicted octanol–water partition coefficient (Wildman–Crippen LogP) is 1.99. The van der Waals surface area contributed by atoms with Gasteiger partial charge in [-0.1, -0.05) is 30.3 Å². The summed E-state index contributed by atoms with van der Waals surface area (Å²) in [7, 11) is 1.73. The van der Waals surface area contributed by atoms with E-state index < -0.39 is 0 Å². The summed E-state index contributed by atoms with van der Waals surface area (Å²) < 4.78 is 5.37. The first-order valence-electron chi connectivity index (χ1n) is 6.51. The molecule has 3 nitrogen and oxygen atoms in total. The molecule has 0 aliphatic heterocycles. The molecule has 0 saturated carbocycles. The summed E-state index contributed by atoms with van der Waals surface area (Å²) in [5.74, 6) is 0. The zero-order valence-corrected chi connectivity index (χ0v) is 11.6. The van der Waals surface area contributed by atoms with Crippen LogP contribution < -0.4 is 5.32 Å². The van der Waals surface area contributed by atoms with E-state index >= 15 is 0 Å². The summed E-state index contributed by atoms with van der Waals surface area (Å²) in [6, 6.07) is 10.3. The Morgan fingerprint density at radius 2 is 1.94 bits per heavy atom. The van der Waals surface area contributed by atoms with Gasteiger partial charge in [-0.2, -0.15) is 0 Å². The molecule has 102 valence electrons. The molecule has 0 spiro atoms. The van der Waals surface area contributed by atoms with Gasteiger partial charge in [0.15, 0.2) is 0 Å². The lowest BCUT2D eigenvalue weighted by Gasteiger charge is -2.24. The number of methoxy groups -OCH3 is 1. The van der Waals surface area contributed by atoms with Crippen molar-refractivity contribution in [3.05, 3.63) is 35.9 Å². The summed E-state index contributed by atoms with van der Waals surface area (Å²) in [4.78, 5) is 0. The highest BCUT2D eigenvalue weighted by atomic mass is 16.5. The fourth-order valence-electron chi connectivity index (χ4n) is 1.78. The Morgan fingerprint density at radius 3 is 2.50 bits per heavy atom. The third-order valence-electron chi connectivity index (χ3n) is 3.26. The van der Waals surface area contributed by atoms with E-state index in [4.69, 9.17) is 4.74 Å². The Hall–Kier alpha value is -0.900. The molecule has 0 aromatic heterocycles. The lowest BCUT2D eigenvalue weighted by molar-refractivity contribution is 0.0149. The maximum atomic E-state index is 9.38. The van der Waals surface area contributed by atoms with Gasteiger partial charge in [-0.25, -0.2) is 0 Å². The molecule has 0 radical (unpaired) electrons. The first kappa shape index (κ1) is 15.2. The zero-order chi connectivity index (χ0) is 13.4. The number of rotatable bonds is 8. The van der Waals surface area contributed by atoms with Gasteiger partial charge in [0.1, 0.15) is 0 Å². The van der Waals surface area contributed by atoms with Gasteiger partial charge in [-0.3, -0.25) is 0 Å². The second kappa shape index (κ2) is 7.52. The number of benzene rings is 1. The molecule has 18 heavy (non-hydrogen) atoms. The van der Waals surface area contributed by atoms with Gasteiger partial charge < -0.3 is 15.2 Å². The van der Waals surface area contributed by atoms with Gasteiger partial charge in [0.25, 0.3) is 0 Å². The van der Waals surface area contributed by atoms with E-state index in [9.17, 15) is 5.11 Å². The van der Waals surface area contributed by atoms with Gasteiger partial charge in [0.2, 0.25) is 0 Å². The Morgan fingerprint density at radius 1 is 1.28 bits per heavy atom. The van der Waals surface area contributed by atoms with Gasteiger partial charge in [0.05, 0.1) is 12.2 Å². The van der Waals surface area contributed by atoms with Crippen molar-refractivity contribution < 1.29 is 9.84 Å². The minimum Gasteiger partial charge on any atom is -0.395 e. The normalized spacial score (nSPS) is 13.6. The van der Waals surface area contributed by atoms with Crippen LogP contribution in [-0.2, 0) is 11.2 Å². The van der Waals surface area contributed by atoms with Gasteiger partial charge in [-0.15, -0.1) is 0 Å². The van der Waals surface area contributed by atoms with Crippen molar-refractivity contribution in [3.63, 3.8) is 0 Å². The van der Waals surface area contributed by atoms with E-state index in [0.29, 0.717) is 0 Å². The molecule has 0 amide bonds. The molecule has 3 heteroatoms. The Balaban J connectivity index is 2.34. The SMILES string of the molecule is COC(C)(C)CCN[C@H](CO)Cc1ccccc1. The molecule has 1 aromatic rings. The molecule has 0 fully saturated rings. The van der Waals surface area contributed by atoms with E-state index in [0.717, 1.165) is 19.4 Å². The summed E-state index contributed by atoms with van der Waals surface area (Å²) in [5, 5.41) is 12.8. The molecule has 0 saturated heterocycles. The summed E-state index contributed by atoms with van der Waals surface area (Å²) in [6.07, 6.45) is 1.78. The summed E-state index contributed by atoms with van der Waals surface area (Å²) in [6.45, 7) is 5.14. The van der Waals surface area contributed by atoms with Crippen LogP contribution in [0.3, 0.4) is 0 Å². The Labute approximate surface area is 110 Å². The fourth-order valence-corrected chi connectivity index (χ4v) is 1.78. The monoisotopic (exact) mass is 251 g/mol. The van der Waals surface area contributed by atoms with Crippen LogP contribution in [0.1, 0.15) is 25.8 Å². The Kier molecular flexibility index (Phi) is 6.33. The maximum absolute atomic E-state index is 9.38. The number of ether oxygens (including phenoxy) is 1. The molecule has 1 aromatic carbocycles. The second-order valence-corrected chi connectivity index (χ2v) is 5.24.